The number of fused-ring (bicyclic) bond motifs is 10. The van der Waals surface area contributed by atoms with Crippen LogP contribution in [-0.2, 0) is 10.8 Å². The van der Waals surface area contributed by atoms with Crippen LogP contribution >= 0.6 is 0 Å². The fourth-order valence-electron chi connectivity index (χ4n) is 16.2. The highest BCUT2D eigenvalue weighted by Crippen LogP contribution is 2.52. The molecule has 7 heteroatoms. The lowest BCUT2D eigenvalue weighted by Gasteiger charge is -2.45. The maximum Gasteiger partial charge on any atom is 0.252 e. The Hall–Kier alpha value is -12.7. The van der Waals surface area contributed by atoms with Gasteiger partial charge in [-0.25, -0.2) is 0 Å². The molecule has 2 aliphatic rings. The second kappa shape index (κ2) is 23.5. The lowest BCUT2D eigenvalue weighted by Crippen LogP contribution is -2.61. The van der Waals surface area contributed by atoms with Gasteiger partial charge in [0, 0.05) is 66.8 Å². The van der Waals surface area contributed by atoms with Crippen molar-refractivity contribution in [2.45, 2.75) is 52.4 Å². The summed E-state index contributed by atoms with van der Waals surface area (Å²) in [6, 6.07) is 118. The van der Waals surface area contributed by atoms with E-state index in [1.165, 1.54) is 38.1 Å². The van der Waals surface area contributed by atoms with E-state index in [1.807, 2.05) is 36.4 Å². The number of nitrogens with zero attached hydrogens (tertiary/aromatic N) is 6. The molecule has 0 radical (unpaired) electrons. The van der Waals surface area contributed by atoms with Crippen LogP contribution in [-0.4, -0.2) is 15.8 Å². The van der Waals surface area contributed by atoms with Crippen molar-refractivity contribution in [3.63, 3.8) is 0 Å². The minimum atomic E-state index is -0.283. The quantitative estimate of drug-likeness (QED) is 0.135. The molecule has 0 spiro atoms. The maximum absolute atomic E-state index is 10.7. The Balaban J connectivity index is 0.988. The van der Waals surface area contributed by atoms with Crippen LogP contribution < -0.4 is 26.2 Å². The van der Waals surface area contributed by atoms with Crippen molar-refractivity contribution < 1.29 is 0 Å². The van der Waals surface area contributed by atoms with Crippen molar-refractivity contribution in [2.24, 2.45) is 0 Å². The number of hydrogen-bond acceptors (Lipinski definition) is 4. The number of aromatic nitrogens is 2. The van der Waals surface area contributed by atoms with Crippen molar-refractivity contribution in [3.8, 4) is 79.1 Å². The third-order valence-electron chi connectivity index (χ3n) is 21.1. The van der Waals surface area contributed by atoms with Gasteiger partial charge in [-0.3, -0.25) is 0 Å². The zero-order chi connectivity index (χ0) is 68.4. The van der Waals surface area contributed by atoms with Gasteiger partial charge in [0.1, 0.15) is 0 Å². The molecule has 0 atom stereocenters. The molecule has 0 amide bonds. The van der Waals surface area contributed by atoms with Gasteiger partial charge in [0.25, 0.3) is 6.71 Å². The summed E-state index contributed by atoms with van der Waals surface area (Å²) < 4.78 is 4.89. The Morgan fingerprint density at radius 3 is 1.02 bits per heavy atom. The highest BCUT2D eigenvalue weighted by atomic mass is 15.2. The molecule has 0 aliphatic carbocycles. The molecule has 14 aromatic carbocycles. The number of hydrogen-bond donors (Lipinski definition) is 0. The third kappa shape index (κ3) is 9.91. The van der Waals surface area contributed by atoms with Crippen LogP contribution in [0.25, 0.3) is 111 Å². The number of anilines is 6. The molecule has 101 heavy (non-hydrogen) atoms. The van der Waals surface area contributed by atoms with E-state index in [0.717, 1.165) is 134 Å². The minimum absolute atomic E-state index is 0.0838. The van der Waals surface area contributed by atoms with Crippen LogP contribution in [0.1, 0.15) is 63.8 Å². The molecule has 478 valence electrons. The Labute approximate surface area is 589 Å². The Morgan fingerprint density at radius 2 is 0.634 bits per heavy atom. The maximum atomic E-state index is 10.7. The average Bonchev–Trinajstić information content (AvgIpc) is 0.905. The second-order valence-corrected chi connectivity index (χ2v) is 29.1. The van der Waals surface area contributed by atoms with Crippen LogP contribution in [0, 0.1) is 22.7 Å². The summed E-state index contributed by atoms with van der Waals surface area (Å²) in [7, 11) is 0. The van der Waals surface area contributed by atoms with Crippen molar-refractivity contribution in [3.05, 3.63) is 332 Å². The molecule has 2 aromatic heterocycles. The van der Waals surface area contributed by atoms with E-state index in [1.54, 1.807) is 0 Å². The zero-order valence-corrected chi connectivity index (χ0v) is 57.2. The molecule has 4 heterocycles. The average molecular weight is 1290 g/mol. The van der Waals surface area contributed by atoms with Crippen LogP contribution in [0.4, 0.5) is 34.1 Å². The summed E-state index contributed by atoms with van der Waals surface area (Å²) in [6.07, 6.45) is 0. The van der Waals surface area contributed by atoms with E-state index in [0.29, 0.717) is 11.1 Å². The third-order valence-corrected chi connectivity index (χ3v) is 21.1. The summed E-state index contributed by atoms with van der Waals surface area (Å²) in [5, 5.41) is 26.3. The Bertz CT molecular complexity index is 5680. The van der Waals surface area contributed by atoms with Gasteiger partial charge in [0.05, 0.1) is 56.7 Å². The first-order valence-electron chi connectivity index (χ1n) is 34.9. The number of rotatable bonds is 9. The molecule has 2 aliphatic heterocycles. The number of benzene rings is 14. The Kier molecular flexibility index (Phi) is 14.1. The van der Waals surface area contributed by atoms with E-state index in [-0.39, 0.29) is 17.5 Å². The molecule has 0 saturated carbocycles. The highest BCUT2D eigenvalue weighted by molar-refractivity contribution is 7.00. The lowest BCUT2D eigenvalue weighted by molar-refractivity contribution is 0.590. The molecular weight excluding hydrogens is 1220 g/mol. The van der Waals surface area contributed by atoms with Crippen LogP contribution in [0.15, 0.2) is 309 Å². The standard InChI is InChI=1S/C94H69BN6/c1-93(2,3)68-42-36-61(37-43-68)78-52-63(72-26-12-10-24-65(72)58-96)40-50-86(78)100-88-56-70(98-82-32-18-14-28-74(82)75-29-15-19-33-83(75)98)46-48-80(88)95-81-49-47-71(99-84-34-20-16-30-76(84)77-31-17-21-35-85(77)99)57-89(81)101(91-55-67(54-90(100)92(91)95)60-22-8-7-9-23-60)87-51-41-64(73-27-13-11-25-66(73)59-97)53-79(87)62-38-44-69(45-39-62)94(4,5)6/h7-57H,1-6H3. The molecule has 18 rings (SSSR count). The van der Waals surface area contributed by atoms with E-state index in [4.69, 9.17) is 0 Å². The van der Waals surface area contributed by atoms with Gasteiger partial charge < -0.3 is 18.9 Å². The largest absolute Gasteiger partial charge is 0.311 e. The van der Waals surface area contributed by atoms with Gasteiger partial charge >= 0.3 is 0 Å². The lowest BCUT2D eigenvalue weighted by atomic mass is 9.33. The zero-order valence-electron chi connectivity index (χ0n) is 57.2. The van der Waals surface area contributed by atoms with Gasteiger partial charge in [-0.15, -0.1) is 0 Å². The van der Waals surface area contributed by atoms with E-state index in [9.17, 15) is 10.5 Å². The smallest absolute Gasteiger partial charge is 0.252 e. The fourth-order valence-corrected chi connectivity index (χ4v) is 16.2. The topological polar surface area (TPSA) is 63.9 Å². The first-order valence-corrected chi connectivity index (χ1v) is 34.9. The molecule has 0 unspecified atom stereocenters. The van der Waals surface area contributed by atoms with Crippen molar-refractivity contribution in [1.82, 2.24) is 9.13 Å². The highest BCUT2D eigenvalue weighted by Gasteiger charge is 2.45. The van der Waals surface area contributed by atoms with Gasteiger partial charge in [-0.1, -0.05) is 254 Å². The molecule has 0 bridgehead atoms. The van der Waals surface area contributed by atoms with Gasteiger partial charge in [-0.2, -0.15) is 10.5 Å². The van der Waals surface area contributed by atoms with Crippen LogP contribution in [0.2, 0.25) is 0 Å². The minimum Gasteiger partial charge on any atom is -0.311 e. The van der Waals surface area contributed by atoms with Gasteiger partial charge in [0.2, 0.25) is 0 Å². The predicted molar refractivity (Wildman–Crippen MR) is 423 cm³/mol. The molecule has 6 nitrogen and oxygen atoms in total. The number of para-hydroxylation sites is 4. The first kappa shape index (κ1) is 60.7. The van der Waals surface area contributed by atoms with Crippen molar-refractivity contribution in [1.29, 1.82) is 10.5 Å². The number of nitriles is 2. The predicted octanol–water partition coefficient (Wildman–Crippen LogP) is 22.6. The molecule has 0 N–H and O–H groups in total. The summed E-state index contributed by atoms with van der Waals surface area (Å²) in [6.45, 7) is 13.3. The molecule has 0 fully saturated rings. The van der Waals surface area contributed by atoms with E-state index in [2.05, 4.69) is 346 Å². The SMILES string of the molecule is CC(C)(C)c1ccc(-c2cc(-c3ccccc3C#N)ccc2N2c3cc(-n4c5ccccc5c5ccccc54)ccc3B3c4ccc(-n5c6ccccc6c6ccccc65)cc4N(c4ccc(-c5ccccc5C#N)cc4-c4ccc(C(C)(C)C)cc4)c4cc(-c5ccccc5)cc2c43)cc1. The summed E-state index contributed by atoms with van der Waals surface area (Å²) >= 11 is 0. The summed E-state index contributed by atoms with van der Waals surface area (Å²) in [5.74, 6) is 0. The summed E-state index contributed by atoms with van der Waals surface area (Å²) in [4.78, 5) is 5.15. The molecule has 0 saturated heterocycles. The van der Waals surface area contributed by atoms with Crippen molar-refractivity contribution >= 4 is 101 Å². The summed E-state index contributed by atoms with van der Waals surface area (Å²) in [5.41, 5.74) is 29.9. The van der Waals surface area contributed by atoms with Crippen molar-refractivity contribution in [2.75, 3.05) is 9.80 Å². The van der Waals surface area contributed by atoms with E-state index < -0.39 is 0 Å². The fraction of sp³-hybridized carbons (Fsp3) is 0.0851. The van der Waals surface area contributed by atoms with Gasteiger partial charge in [-0.05, 0) is 180 Å². The molecule has 16 aromatic rings. The van der Waals surface area contributed by atoms with Crippen LogP contribution in [0.5, 0.6) is 0 Å². The normalized spacial score (nSPS) is 12.6. The second-order valence-electron chi connectivity index (χ2n) is 29.1. The monoisotopic (exact) mass is 1290 g/mol. The van der Waals surface area contributed by atoms with Gasteiger partial charge in [0.15, 0.2) is 0 Å². The van der Waals surface area contributed by atoms with Crippen LogP contribution in [0.3, 0.4) is 0 Å². The first-order chi connectivity index (χ1) is 49.3. The molecular formula is C94H69BN6. The Morgan fingerprint density at radius 1 is 0.277 bits per heavy atom. The van der Waals surface area contributed by atoms with E-state index >= 15 is 0 Å².